The standard InChI is InChI=1S/C19H24O2/c1-3-5-14-21-18-12-10-17(11-13-18)19(20)16-8-6-15(4-2)7-9-16/h6-13,19-20H,3-5,14H2,1-2H3. The molecule has 0 spiro atoms. The topological polar surface area (TPSA) is 29.5 Å². The number of rotatable bonds is 7. The molecule has 2 nitrogen and oxygen atoms in total. The second-order valence-corrected chi connectivity index (χ2v) is 5.27. The smallest absolute Gasteiger partial charge is 0.119 e. The first-order chi connectivity index (χ1) is 10.2. The lowest BCUT2D eigenvalue weighted by atomic mass is 10.00. The molecule has 0 aliphatic heterocycles. The van der Waals surface area contributed by atoms with Crippen LogP contribution in [0.5, 0.6) is 5.75 Å². The first-order valence-electron chi connectivity index (χ1n) is 7.74. The van der Waals surface area contributed by atoms with Crippen LogP contribution in [0.3, 0.4) is 0 Å². The first-order valence-corrected chi connectivity index (χ1v) is 7.74. The van der Waals surface area contributed by atoms with Crippen molar-refractivity contribution in [3.63, 3.8) is 0 Å². The lowest BCUT2D eigenvalue weighted by molar-refractivity contribution is 0.220. The van der Waals surface area contributed by atoms with Crippen LogP contribution in [-0.4, -0.2) is 11.7 Å². The van der Waals surface area contributed by atoms with Crippen molar-refractivity contribution in [2.75, 3.05) is 6.61 Å². The zero-order valence-electron chi connectivity index (χ0n) is 12.9. The average molecular weight is 284 g/mol. The Bertz CT molecular complexity index is 528. The molecular formula is C19H24O2. The van der Waals surface area contributed by atoms with E-state index in [1.54, 1.807) is 0 Å². The van der Waals surface area contributed by atoms with Gasteiger partial charge in [-0.05, 0) is 41.7 Å². The fourth-order valence-electron chi connectivity index (χ4n) is 2.21. The minimum absolute atomic E-state index is 0.583. The highest BCUT2D eigenvalue weighted by atomic mass is 16.5. The summed E-state index contributed by atoms with van der Waals surface area (Å²) in [6.45, 7) is 5.02. The summed E-state index contributed by atoms with van der Waals surface area (Å²) < 4.78 is 5.64. The molecule has 21 heavy (non-hydrogen) atoms. The first kappa shape index (κ1) is 15.6. The van der Waals surface area contributed by atoms with Crippen LogP contribution in [0.4, 0.5) is 0 Å². The molecule has 0 saturated heterocycles. The van der Waals surface area contributed by atoms with Gasteiger partial charge in [0.05, 0.1) is 6.61 Å². The zero-order valence-corrected chi connectivity index (χ0v) is 12.9. The molecule has 0 amide bonds. The Morgan fingerprint density at radius 1 is 0.905 bits per heavy atom. The molecule has 0 aromatic heterocycles. The molecule has 1 N–H and O–H groups in total. The van der Waals surface area contributed by atoms with Crippen LogP contribution in [0, 0.1) is 0 Å². The number of aryl methyl sites for hydroxylation is 1. The zero-order chi connectivity index (χ0) is 15.1. The van der Waals surface area contributed by atoms with Crippen molar-refractivity contribution in [2.45, 2.75) is 39.2 Å². The van der Waals surface area contributed by atoms with Gasteiger partial charge in [-0.15, -0.1) is 0 Å². The van der Waals surface area contributed by atoms with Gasteiger partial charge in [-0.1, -0.05) is 56.7 Å². The lowest BCUT2D eigenvalue weighted by Gasteiger charge is -2.13. The van der Waals surface area contributed by atoms with E-state index in [9.17, 15) is 5.11 Å². The number of hydrogen-bond acceptors (Lipinski definition) is 2. The molecule has 1 atom stereocenters. The van der Waals surface area contributed by atoms with Gasteiger partial charge in [-0.2, -0.15) is 0 Å². The third-order valence-electron chi connectivity index (χ3n) is 3.67. The molecule has 0 aliphatic rings. The summed E-state index contributed by atoms with van der Waals surface area (Å²) in [7, 11) is 0. The third kappa shape index (κ3) is 4.33. The van der Waals surface area contributed by atoms with E-state index in [1.807, 2.05) is 36.4 Å². The Morgan fingerprint density at radius 3 is 2.00 bits per heavy atom. The van der Waals surface area contributed by atoms with E-state index in [0.29, 0.717) is 0 Å². The molecule has 0 radical (unpaired) electrons. The molecule has 0 bridgehead atoms. The van der Waals surface area contributed by atoms with Gasteiger partial charge in [0.1, 0.15) is 11.9 Å². The molecule has 1 unspecified atom stereocenters. The van der Waals surface area contributed by atoms with Gasteiger partial charge in [0.15, 0.2) is 0 Å². The Labute approximate surface area is 127 Å². The second kappa shape index (κ2) is 7.84. The van der Waals surface area contributed by atoms with Crippen LogP contribution >= 0.6 is 0 Å². The van der Waals surface area contributed by atoms with E-state index in [4.69, 9.17) is 4.74 Å². The second-order valence-electron chi connectivity index (χ2n) is 5.27. The summed E-state index contributed by atoms with van der Waals surface area (Å²) in [5, 5.41) is 10.4. The van der Waals surface area contributed by atoms with Gasteiger partial charge in [-0.25, -0.2) is 0 Å². The van der Waals surface area contributed by atoms with E-state index in [-0.39, 0.29) is 0 Å². The molecule has 2 heteroatoms. The van der Waals surface area contributed by atoms with Gasteiger partial charge in [0, 0.05) is 0 Å². The van der Waals surface area contributed by atoms with E-state index >= 15 is 0 Å². The SMILES string of the molecule is CCCCOc1ccc(C(O)c2ccc(CC)cc2)cc1. The maximum atomic E-state index is 10.4. The normalized spacial score (nSPS) is 12.1. The Kier molecular flexibility index (Phi) is 5.82. The molecule has 0 heterocycles. The molecular weight excluding hydrogens is 260 g/mol. The van der Waals surface area contributed by atoms with Crippen LogP contribution < -0.4 is 4.74 Å². The quantitative estimate of drug-likeness (QED) is 0.758. The fraction of sp³-hybridized carbons (Fsp3) is 0.368. The van der Waals surface area contributed by atoms with Crippen molar-refractivity contribution < 1.29 is 9.84 Å². The molecule has 0 saturated carbocycles. The van der Waals surface area contributed by atoms with Crippen molar-refractivity contribution in [2.24, 2.45) is 0 Å². The van der Waals surface area contributed by atoms with Crippen molar-refractivity contribution in [1.82, 2.24) is 0 Å². The molecule has 0 fully saturated rings. The summed E-state index contributed by atoms with van der Waals surface area (Å²) in [6.07, 6.45) is 2.62. The Morgan fingerprint density at radius 2 is 1.48 bits per heavy atom. The third-order valence-corrected chi connectivity index (χ3v) is 3.67. The molecule has 0 aliphatic carbocycles. The fourth-order valence-corrected chi connectivity index (χ4v) is 2.21. The van der Waals surface area contributed by atoms with Gasteiger partial charge < -0.3 is 9.84 Å². The van der Waals surface area contributed by atoms with Crippen LogP contribution in [0.1, 0.15) is 49.5 Å². The van der Waals surface area contributed by atoms with Crippen molar-refractivity contribution in [3.05, 3.63) is 65.2 Å². The van der Waals surface area contributed by atoms with E-state index in [1.165, 1.54) is 5.56 Å². The summed E-state index contributed by atoms with van der Waals surface area (Å²) in [5.74, 6) is 0.862. The Balaban J connectivity index is 2.02. The Hall–Kier alpha value is -1.80. The van der Waals surface area contributed by atoms with Crippen LogP contribution in [0.2, 0.25) is 0 Å². The number of ether oxygens (including phenoxy) is 1. The highest BCUT2D eigenvalue weighted by molar-refractivity contribution is 5.35. The average Bonchev–Trinajstić information content (AvgIpc) is 2.55. The van der Waals surface area contributed by atoms with Crippen molar-refractivity contribution in [1.29, 1.82) is 0 Å². The van der Waals surface area contributed by atoms with Crippen LogP contribution in [0.15, 0.2) is 48.5 Å². The number of aliphatic hydroxyl groups is 1. The summed E-state index contributed by atoms with van der Waals surface area (Å²) in [5.41, 5.74) is 3.10. The molecule has 2 rings (SSSR count). The minimum Gasteiger partial charge on any atom is -0.494 e. The van der Waals surface area contributed by atoms with Gasteiger partial charge in [0.2, 0.25) is 0 Å². The number of hydrogen-bond donors (Lipinski definition) is 1. The van der Waals surface area contributed by atoms with Gasteiger partial charge >= 0.3 is 0 Å². The summed E-state index contributed by atoms with van der Waals surface area (Å²) in [4.78, 5) is 0. The predicted octanol–water partition coefficient (Wildman–Crippen LogP) is 4.51. The largest absolute Gasteiger partial charge is 0.494 e. The monoisotopic (exact) mass is 284 g/mol. The number of aliphatic hydroxyl groups excluding tert-OH is 1. The molecule has 2 aromatic rings. The number of benzene rings is 2. The highest BCUT2D eigenvalue weighted by Crippen LogP contribution is 2.24. The highest BCUT2D eigenvalue weighted by Gasteiger charge is 2.10. The van der Waals surface area contributed by atoms with Crippen LogP contribution in [-0.2, 0) is 6.42 Å². The maximum Gasteiger partial charge on any atom is 0.119 e. The van der Waals surface area contributed by atoms with Crippen LogP contribution in [0.25, 0.3) is 0 Å². The van der Waals surface area contributed by atoms with Crippen molar-refractivity contribution >= 4 is 0 Å². The van der Waals surface area contributed by atoms with E-state index < -0.39 is 6.10 Å². The summed E-state index contributed by atoms with van der Waals surface area (Å²) >= 11 is 0. The van der Waals surface area contributed by atoms with E-state index in [2.05, 4.69) is 26.0 Å². The van der Waals surface area contributed by atoms with Gasteiger partial charge in [0.25, 0.3) is 0 Å². The lowest BCUT2D eigenvalue weighted by Crippen LogP contribution is -2.01. The number of unbranched alkanes of at least 4 members (excludes halogenated alkanes) is 1. The van der Waals surface area contributed by atoms with E-state index in [0.717, 1.165) is 42.7 Å². The summed E-state index contributed by atoms with van der Waals surface area (Å²) in [6, 6.07) is 15.8. The predicted molar refractivity (Wildman–Crippen MR) is 86.7 cm³/mol. The van der Waals surface area contributed by atoms with Gasteiger partial charge in [-0.3, -0.25) is 0 Å². The minimum atomic E-state index is -0.583. The maximum absolute atomic E-state index is 10.4. The molecule has 2 aromatic carbocycles. The molecule has 112 valence electrons. The van der Waals surface area contributed by atoms with Crippen molar-refractivity contribution in [3.8, 4) is 5.75 Å².